The zero-order chi connectivity index (χ0) is 13.2. The minimum atomic E-state index is -5.06. The number of carboxylic acids is 2. The van der Waals surface area contributed by atoms with Crippen LogP contribution in [0.3, 0.4) is 0 Å². The van der Waals surface area contributed by atoms with Crippen molar-refractivity contribution in [2.75, 3.05) is 0 Å². The highest BCUT2D eigenvalue weighted by Crippen LogP contribution is 2.30. The van der Waals surface area contributed by atoms with E-state index in [2.05, 4.69) is 4.74 Å². The molecule has 0 fully saturated rings. The van der Waals surface area contributed by atoms with E-state index in [1.807, 2.05) is 0 Å². The molecule has 1 aliphatic rings. The van der Waals surface area contributed by atoms with Crippen LogP contribution >= 0.6 is 0 Å². The van der Waals surface area contributed by atoms with Crippen LogP contribution in [-0.2, 0) is 14.3 Å². The van der Waals surface area contributed by atoms with Crippen LogP contribution < -0.4 is 0 Å². The number of allylic oxidation sites excluding steroid dienone is 1. The van der Waals surface area contributed by atoms with Crippen molar-refractivity contribution in [2.45, 2.75) is 19.2 Å². The number of rotatable bonds is 3. The van der Waals surface area contributed by atoms with E-state index in [0.717, 1.165) is 0 Å². The van der Waals surface area contributed by atoms with Gasteiger partial charge in [0.25, 0.3) is 0 Å². The van der Waals surface area contributed by atoms with Crippen LogP contribution in [-0.4, -0.2) is 28.5 Å². The lowest BCUT2D eigenvalue weighted by atomic mass is 9.97. The van der Waals surface area contributed by atoms with Crippen LogP contribution in [0.1, 0.15) is 12.8 Å². The highest BCUT2D eigenvalue weighted by molar-refractivity contribution is 5.92. The summed E-state index contributed by atoms with van der Waals surface area (Å²) in [6.07, 6.45) is -4.95. The molecular formula is C9H7F3O5. The fraction of sp³-hybridized carbons (Fsp3) is 0.333. The number of carboxylic acid groups (broad SMARTS) is 2. The molecule has 0 unspecified atom stereocenters. The predicted molar refractivity (Wildman–Crippen MR) is 46.8 cm³/mol. The van der Waals surface area contributed by atoms with Gasteiger partial charge in [0, 0.05) is 5.57 Å². The van der Waals surface area contributed by atoms with Crippen molar-refractivity contribution in [1.82, 2.24) is 0 Å². The summed E-state index contributed by atoms with van der Waals surface area (Å²) in [7, 11) is 0. The molecule has 0 saturated heterocycles. The van der Waals surface area contributed by atoms with E-state index in [0.29, 0.717) is 6.08 Å². The Labute approximate surface area is 92.8 Å². The minimum Gasteiger partial charge on any atom is -0.478 e. The monoisotopic (exact) mass is 252 g/mol. The Morgan fingerprint density at radius 2 is 1.76 bits per heavy atom. The normalized spacial score (nSPS) is 16.5. The first-order valence-electron chi connectivity index (χ1n) is 4.37. The maximum Gasteiger partial charge on any atom is 0.573 e. The first-order chi connectivity index (χ1) is 7.70. The summed E-state index contributed by atoms with van der Waals surface area (Å²) in [5.74, 6) is -3.95. The van der Waals surface area contributed by atoms with Crippen LogP contribution in [0.15, 0.2) is 23.0 Å². The van der Waals surface area contributed by atoms with Crippen molar-refractivity contribution >= 4 is 11.9 Å². The highest BCUT2D eigenvalue weighted by atomic mass is 19.4. The number of halogens is 3. The molecule has 8 heteroatoms. The van der Waals surface area contributed by atoms with Gasteiger partial charge in [0.2, 0.25) is 0 Å². The van der Waals surface area contributed by atoms with Gasteiger partial charge in [-0.1, -0.05) is 0 Å². The third-order valence-electron chi connectivity index (χ3n) is 2.01. The molecule has 0 bridgehead atoms. The summed E-state index contributed by atoms with van der Waals surface area (Å²) >= 11 is 0. The largest absolute Gasteiger partial charge is 0.573 e. The summed E-state index contributed by atoms with van der Waals surface area (Å²) in [6.45, 7) is 0. The molecule has 0 saturated carbocycles. The molecule has 0 heterocycles. The minimum absolute atomic E-state index is 0.151. The second-order valence-electron chi connectivity index (χ2n) is 3.17. The fourth-order valence-electron chi connectivity index (χ4n) is 1.30. The number of alkyl halides is 3. The predicted octanol–water partition coefficient (Wildman–Crippen LogP) is 1.67. The van der Waals surface area contributed by atoms with Gasteiger partial charge in [-0.15, -0.1) is 13.2 Å². The summed E-state index contributed by atoms with van der Waals surface area (Å²) in [5.41, 5.74) is -0.915. The van der Waals surface area contributed by atoms with Crippen molar-refractivity contribution in [2.24, 2.45) is 0 Å². The Bertz CT molecular complexity index is 419. The molecule has 0 atom stereocenters. The average molecular weight is 252 g/mol. The lowest BCUT2D eigenvalue weighted by molar-refractivity contribution is -0.303. The molecule has 0 aromatic heterocycles. The smallest absolute Gasteiger partial charge is 0.478 e. The third kappa shape index (κ3) is 3.51. The Kier molecular flexibility index (Phi) is 3.45. The molecule has 1 rings (SSSR count). The van der Waals surface area contributed by atoms with Crippen LogP contribution in [0.25, 0.3) is 0 Å². The Hall–Kier alpha value is -1.99. The van der Waals surface area contributed by atoms with Gasteiger partial charge in [0.15, 0.2) is 0 Å². The Morgan fingerprint density at radius 1 is 1.18 bits per heavy atom. The molecule has 0 aromatic carbocycles. The quantitative estimate of drug-likeness (QED) is 0.798. The van der Waals surface area contributed by atoms with Crippen LogP contribution in [0.2, 0.25) is 0 Å². The van der Waals surface area contributed by atoms with E-state index in [1.165, 1.54) is 0 Å². The SMILES string of the molecule is O=C(O)C1=CC(OC(F)(F)F)=C(C(=O)O)CC1. The molecule has 0 spiro atoms. The van der Waals surface area contributed by atoms with Crippen molar-refractivity contribution in [3.63, 3.8) is 0 Å². The van der Waals surface area contributed by atoms with Gasteiger partial charge >= 0.3 is 18.3 Å². The van der Waals surface area contributed by atoms with Gasteiger partial charge in [-0.05, 0) is 18.9 Å². The Morgan fingerprint density at radius 3 is 2.18 bits per heavy atom. The first kappa shape index (κ1) is 13.1. The molecular weight excluding hydrogens is 245 g/mol. The van der Waals surface area contributed by atoms with E-state index in [-0.39, 0.29) is 18.4 Å². The van der Waals surface area contributed by atoms with Crippen LogP contribution in [0.5, 0.6) is 0 Å². The number of carbonyl (C=O) groups is 2. The number of ether oxygens (including phenoxy) is 1. The molecule has 0 amide bonds. The number of aliphatic carboxylic acids is 2. The topological polar surface area (TPSA) is 83.8 Å². The van der Waals surface area contributed by atoms with Crippen LogP contribution in [0, 0.1) is 0 Å². The van der Waals surface area contributed by atoms with E-state index in [4.69, 9.17) is 10.2 Å². The summed E-state index contributed by atoms with van der Waals surface area (Å²) in [4.78, 5) is 21.2. The van der Waals surface area contributed by atoms with Crippen molar-refractivity contribution in [3.05, 3.63) is 23.0 Å². The third-order valence-corrected chi connectivity index (χ3v) is 2.01. The molecule has 2 N–H and O–H groups in total. The molecule has 0 aliphatic heterocycles. The van der Waals surface area contributed by atoms with Crippen molar-refractivity contribution < 1.29 is 37.7 Å². The van der Waals surface area contributed by atoms with Gasteiger partial charge in [0.1, 0.15) is 5.76 Å². The van der Waals surface area contributed by atoms with E-state index >= 15 is 0 Å². The van der Waals surface area contributed by atoms with Crippen LogP contribution in [0.4, 0.5) is 13.2 Å². The van der Waals surface area contributed by atoms with Gasteiger partial charge in [-0.25, -0.2) is 9.59 Å². The highest BCUT2D eigenvalue weighted by Gasteiger charge is 2.35. The molecule has 0 radical (unpaired) electrons. The number of hydrogen-bond donors (Lipinski definition) is 2. The molecule has 94 valence electrons. The van der Waals surface area contributed by atoms with E-state index in [1.54, 1.807) is 0 Å². The maximum absolute atomic E-state index is 12.0. The maximum atomic E-state index is 12.0. The first-order valence-corrected chi connectivity index (χ1v) is 4.37. The molecule has 17 heavy (non-hydrogen) atoms. The second kappa shape index (κ2) is 4.48. The van der Waals surface area contributed by atoms with Gasteiger partial charge in [-0.2, -0.15) is 0 Å². The van der Waals surface area contributed by atoms with Gasteiger partial charge in [-0.3, -0.25) is 0 Å². The Balaban J connectivity index is 3.12. The fourth-order valence-corrected chi connectivity index (χ4v) is 1.30. The molecule has 1 aliphatic carbocycles. The molecule has 5 nitrogen and oxygen atoms in total. The second-order valence-corrected chi connectivity index (χ2v) is 3.17. The zero-order valence-electron chi connectivity index (χ0n) is 8.24. The van der Waals surface area contributed by atoms with Gasteiger partial charge in [0.05, 0.1) is 5.57 Å². The zero-order valence-corrected chi connectivity index (χ0v) is 8.24. The van der Waals surface area contributed by atoms with Crippen molar-refractivity contribution in [3.8, 4) is 0 Å². The number of hydrogen-bond acceptors (Lipinski definition) is 3. The van der Waals surface area contributed by atoms with Gasteiger partial charge < -0.3 is 14.9 Å². The molecule has 0 aromatic rings. The van der Waals surface area contributed by atoms with E-state index in [9.17, 15) is 22.8 Å². The van der Waals surface area contributed by atoms with Crippen molar-refractivity contribution in [1.29, 1.82) is 0 Å². The van der Waals surface area contributed by atoms with E-state index < -0.39 is 29.6 Å². The lowest BCUT2D eigenvalue weighted by Crippen LogP contribution is -2.19. The standard InChI is InChI=1S/C9H7F3O5/c10-9(11,12)17-6-3-4(7(13)14)1-2-5(6)8(15)16/h3H,1-2H2,(H,13,14)(H,15,16). The summed E-state index contributed by atoms with van der Waals surface area (Å²) in [5, 5.41) is 17.3. The summed E-state index contributed by atoms with van der Waals surface area (Å²) in [6, 6.07) is 0. The average Bonchev–Trinajstić information content (AvgIpc) is 2.14. The summed E-state index contributed by atoms with van der Waals surface area (Å²) < 4.78 is 39.4. The lowest BCUT2D eigenvalue weighted by Gasteiger charge is -2.17.